The topological polar surface area (TPSA) is 80.9 Å². The number of hydrogen-bond acceptors (Lipinski definition) is 6. The van der Waals surface area contributed by atoms with Gasteiger partial charge in [-0.1, -0.05) is 28.5 Å². The van der Waals surface area contributed by atoms with Crippen LogP contribution in [-0.4, -0.2) is 34.2 Å². The SMILES string of the molecule is CSCC[C@H](N)C(=O)Nc1nnc(-c2cc(C)cc(C)c2)s1. The Balaban J connectivity index is 2.06. The maximum atomic E-state index is 12.0. The highest BCUT2D eigenvalue weighted by atomic mass is 32.2. The summed E-state index contributed by atoms with van der Waals surface area (Å²) in [6.07, 6.45) is 2.64. The quantitative estimate of drug-likeness (QED) is 0.848. The van der Waals surface area contributed by atoms with Gasteiger partial charge in [0.15, 0.2) is 0 Å². The maximum absolute atomic E-state index is 12.0. The van der Waals surface area contributed by atoms with Crippen LogP contribution in [0, 0.1) is 13.8 Å². The molecule has 1 amide bonds. The van der Waals surface area contributed by atoms with Crippen LogP contribution in [0.5, 0.6) is 0 Å². The van der Waals surface area contributed by atoms with Crippen molar-refractivity contribution < 1.29 is 4.79 Å². The molecule has 0 aliphatic rings. The van der Waals surface area contributed by atoms with Crippen molar-refractivity contribution in [2.24, 2.45) is 5.73 Å². The number of aryl methyl sites for hydroxylation is 2. The van der Waals surface area contributed by atoms with Gasteiger partial charge < -0.3 is 5.73 Å². The molecule has 118 valence electrons. The second kappa shape index (κ2) is 7.71. The highest BCUT2D eigenvalue weighted by Gasteiger charge is 2.16. The first-order chi connectivity index (χ1) is 10.5. The van der Waals surface area contributed by atoms with Gasteiger partial charge in [-0.25, -0.2) is 0 Å². The molecule has 1 atom stereocenters. The Bertz CT molecular complexity index is 636. The van der Waals surface area contributed by atoms with Gasteiger partial charge in [-0.2, -0.15) is 11.8 Å². The van der Waals surface area contributed by atoms with E-state index in [2.05, 4.69) is 33.7 Å². The fraction of sp³-hybridized carbons (Fsp3) is 0.400. The van der Waals surface area contributed by atoms with E-state index in [4.69, 9.17) is 5.73 Å². The van der Waals surface area contributed by atoms with Gasteiger partial charge in [0.2, 0.25) is 11.0 Å². The summed E-state index contributed by atoms with van der Waals surface area (Å²) in [6.45, 7) is 4.09. The van der Waals surface area contributed by atoms with E-state index in [1.165, 1.54) is 22.5 Å². The molecule has 0 unspecified atom stereocenters. The molecule has 5 nitrogen and oxygen atoms in total. The number of thioether (sulfide) groups is 1. The second-order valence-electron chi connectivity index (χ2n) is 5.17. The number of nitrogens with two attached hydrogens (primary N) is 1. The third-order valence-corrected chi connectivity index (χ3v) is 4.63. The standard InChI is InChI=1S/C15H20N4OS2/c1-9-6-10(2)8-11(7-9)14-18-19-15(22-14)17-13(20)12(16)4-5-21-3/h6-8,12H,4-5,16H2,1-3H3,(H,17,19,20)/t12-/m0/s1. The van der Waals surface area contributed by atoms with E-state index in [1.54, 1.807) is 11.8 Å². The van der Waals surface area contributed by atoms with Crippen molar-refractivity contribution in [1.29, 1.82) is 0 Å². The average molecular weight is 336 g/mol. The molecule has 0 aliphatic carbocycles. The maximum Gasteiger partial charge on any atom is 0.243 e. The fourth-order valence-electron chi connectivity index (χ4n) is 2.06. The summed E-state index contributed by atoms with van der Waals surface area (Å²) in [5.41, 5.74) is 9.21. The zero-order valence-corrected chi connectivity index (χ0v) is 14.6. The van der Waals surface area contributed by atoms with Crippen LogP contribution in [0.25, 0.3) is 10.6 Å². The first-order valence-corrected chi connectivity index (χ1v) is 9.18. The fourth-order valence-corrected chi connectivity index (χ4v) is 3.29. The molecular weight excluding hydrogens is 316 g/mol. The van der Waals surface area contributed by atoms with E-state index in [-0.39, 0.29) is 5.91 Å². The minimum absolute atomic E-state index is 0.211. The second-order valence-corrected chi connectivity index (χ2v) is 7.13. The molecule has 1 heterocycles. The lowest BCUT2D eigenvalue weighted by Crippen LogP contribution is -2.36. The van der Waals surface area contributed by atoms with Crippen molar-refractivity contribution in [3.05, 3.63) is 29.3 Å². The van der Waals surface area contributed by atoms with Crippen LogP contribution in [0.1, 0.15) is 17.5 Å². The summed E-state index contributed by atoms with van der Waals surface area (Å²) in [4.78, 5) is 12.0. The van der Waals surface area contributed by atoms with Gasteiger partial charge in [-0.15, -0.1) is 10.2 Å². The first kappa shape index (κ1) is 16.9. The van der Waals surface area contributed by atoms with Gasteiger partial charge in [-0.3, -0.25) is 10.1 Å². The lowest BCUT2D eigenvalue weighted by atomic mass is 10.1. The Morgan fingerprint density at radius 2 is 2.00 bits per heavy atom. The van der Waals surface area contributed by atoms with Crippen molar-refractivity contribution >= 4 is 34.1 Å². The summed E-state index contributed by atoms with van der Waals surface area (Å²) >= 11 is 3.03. The predicted molar refractivity (Wildman–Crippen MR) is 94.4 cm³/mol. The normalized spacial score (nSPS) is 12.2. The Labute approximate surface area is 138 Å². The molecule has 22 heavy (non-hydrogen) atoms. The molecule has 7 heteroatoms. The number of carbonyl (C=O) groups is 1. The van der Waals surface area contributed by atoms with E-state index < -0.39 is 6.04 Å². The predicted octanol–water partition coefficient (Wildman–Crippen LogP) is 2.84. The highest BCUT2D eigenvalue weighted by molar-refractivity contribution is 7.98. The summed E-state index contributed by atoms with van der Waals surface area (Å²) in [6, 6.07) is 5.71. The molecule has 0 radical (unpaired) electrons. The molecule has 0 saturated heterocycles. The van der Waals surface area contributed by atoms with E-state index >= 15 is 0 Å². The lowest BCUT2D eigenvalue weighted by Gasteiger charge is -2.08. The van der Waals surface area contributed by atoms with Gasteiger partial charge in [0, 0.05) is 5.56 Å². The van der Waals surface area contributed by atoms with Crippen molar-refractivity contribution in [2.45, 2.75) is 26.3 Å². The van der Waals surface area contributed by atoms with Crippen LogP contribution in [-0.2, 0) is 4.79 Å². The molecule has 1 aromatic carbocycles. The third kappa shape index (κ3) is 4.53. The Kier molecular flexibility index (Phi) is 5.93. The minimum Gasteiger partial charge on any atom is -0.320 e. The van der Waals surface area contributed by atoms with Crippen LogP contribution in [0.4, 0.5) is 5.13 Å². The van der Waals surface area contributed by atoms with Crippen molar-refractivity contribution in [3.8, 4) is 10.6 Å². The Hall–Kier alpha value is -1.44. The number of benzene rings is 1. The number of hydrogen-bond donors (Lipinski definition) is 2. The molecule has 0 fully saturated rings. The van der Waals surface area contributed by atoms with Crippen LogP contribution < -0.4 is 11.1 Å². The minimum atomic E-state index is -0.513. The van der Waals surface area contributed by atoms with E-state index in [9.17, 15) is 4.79 Å². The summed E-state index contributed by atoms with van der Waals surface area (Å²) in [5.74, 6) is 0.649. The zero-order valence-electron chi connectivity index (χ0n) is 12.9. The molecule has 1 aromatic heterocycles. The molecular formula is C15H20N4OS2. The molecule has 2 aromatic rings. The van der Waals surface area contributed by atoms with Crippen LogP contribution in [0.3, 0.4) is 0 Å². The molecule has 0 saturated carbocycles. The van der Waals surface area contributed by atoms with Crippen molar-refractivity contribution in [2.75, 3.05) is 17.3 Å². The number of nitrogens with one attached hydrogen (secondary N) is 1. The lowest BCUT2D eigenvalue weighted by molar-refractivity contribution is -0.117. The van der Waals surface area contributed by atoms with Gasteiger partial charge >= 0.3 is 0 Å². The molecule has 0 bridgehead atoms. The number of nitrogens with zero attached hydrogens (tertiary/aromatic N) is 2. The largest absolute Gasteiger partial charge is 0.320 e. The first-order valence-electron chi connectivity index (χ1n) is 6.97. The van der Waals surface area contributed by atoms with Crippen molar-refractivity contribution in [3.63, 3.8) is 0 Å². The number of anilines is 1. The highest BCUT2D eigenvalue weighted by Crippen LogP contribution is 2.27. The van der Waals surface area contributed by atoms with Crippen LogP contribution in [0.2, 0.25) is 0 Å². The molecule has 0 spiro atoms. The number of aromatic nitrogens is 2. The Morgan fingerprint density at radius 3 is 2.64 bits per heavy atom. The van der Waals surface area contributed by atoms with Gasteiger partial charge in [-0.05, 0) is 44.4 Å². The Morgan fingerprint density at radius 1 is 1.32 bits per heavy atom. The van der Waals surface area contributed by atoms with Crippen molar-refractivity contribution in [1.82, 2.24) is 10.2 Å². The molecule has 3 N–H and O–H groups in total. The third-order valence-electron chi connectivity index (χ3n) is 3.09. The number of rotatable bonds is 6. The van der Waals surface area contributed by atoms with Crippen LogP contribution >= 0.6 is 23.1 Å². The number of carbonyl (C=O) groups excluding carboxylic acids is 1. The van der Waals surface area contributed by atoms with Gasteiger partial charge in [0.1, 0.15) is 5.01 Å². The van der Waals surface area contributed by atoms with Gasteiger partial charge in [0.05, 0.1) is 6.04 Å². The number of amides is 1. The smallest absolute Gasteiger partial charge is 0.243 e. The van der Waals surface area contributed by atoms with Crippen LogP contribution in [0.15, 0.2) is 18.2 Å². The monoisotopic (exact) mass is 336 g/mol. The molecule has 0 aliphatic heterocycles. The van der Waals surface area contributed by atoms with E-state index in [0.717, 1.165) is 16.3 Å². The van der Waals surface area contributed by atoms with E-state index in [0.29, 0.717) is 11.6 Å². The summed E-state index contributed by atoms with van der Waals surface area (Å²) in [7, 11) is 0. The average Bonchev–Trinajstić information content (AvgIpc) is 2.92. The summed E-state index contributed by atoms with van der Waals surface area (Å²) < 4.78 is 0. The van der Waals surface area contributed by atoms with Gasteiger partial charge in [0.25, 0.3) is 0 Å². The van der Waals surface area contributed by atoms with E-state index in [1.807, 2.05) is 20.1 Å². The summed E-state index contributed by atoms with van der Waals surface area (Å²) in [5, 5.41) is 12.2. The zero-order chi connectivity index (χ0) is 16.1. The molecule has 2 rings (SSSR count).